The van der Waals surface area contributed by atoms with E-state index in [4.69, 9.17) is 10.5 Å². The zero-order valence-corrected chi connectivity index (χ0v) is 11.0. The van der Waals surface area contributed by atoms with E-state index in [1.807, 2.05) is 4.90 Å². The Morgan fingerprint density at radius 1 is 1.50 bits per heavy atom. The van der Waals surface area contributed by atoms with Crippen LogP contribution in [0.3, 0.4) is 0 Å². The average molecular weight is 248 g/mol. The molecule has 18 heavy (non-hydrogen) atoms. The molecule has 1 saturated heterocycles. The maximum atomic E-state index is 12.5. The highest BCUT2D eigenvalue weighted by atomic mass is 16.5. The normalized spacial score (nSPS) is 19.7. The number of hydrogen-bond donors (Lipinski definition) is 1. The molecule has 0 aliphatic carbocycles. The number of rotatable bonds is 2. The first-order valence-electron chi connectivity index (χ1n) is 6.35. The highest BCUT2D eigenvalue weighted by Gasteiger charge is 2.24. The molecule has 0 aromatic heterocycles. The molecule has 1 aliphatic heterocycles. The third kappa shape index (κ3) is 2.42. The molecule has 1 aliphatic rings. The molecule has 1 fully saturated rings. The lowest BCUT2D eigenvalue weighted by atomic mass is 9.99. The van der Waals surface area contributed by atoms with Crippen molar-refractivity contribution >= 4 is 11.6 Å². The third-order valence-corrected chi connectivity index (χ3v) is 3.42. The number of nitrogen functional groups attached to an aromatic ring is 1. The number of benzene rings is 1. The quantitative estimate of drug-likeness (QED) is 0.816. The number of carbonyl (C=O) groups excluding carboxylic acids is 1. The molecule has 2 rings (SSSR count). The van der Waals surface area contributed by atoms with Gasteiger partial charge < -0.3 is 15.4 Å². The van der Waals surface area contributed by atoms with E-state index in [2.05, 4.69) is 6.92 Å². The third-order valence-electron chi connectivity index (χ3n) is 3.42. The molecule has 0 spiro atoms. The van der Waals surface area contributed by atoms with Gasteiger partial charge in [0.1, 0.15) is 0 Å². The van der Waals surface area contributed by atoms with E-state index in [9.17, 15) is 4.79 Å². The van der Waals surface area contributed by atoms with Crippen LogP contribution in [0, 0.1) is 5.92 Å². The molecule has 1 atom stereocenters. The molecule has 98 valence electrons. The summed E-state index contributed by atoms with van der Waals surface area (Å²) < 4.78 is 5.24. The maximum absolute atomic E-state index is 12.5. The van der Waals surface area contributed by atoms with Gasteiger partial charge in [-0.1, -0.05) is 13.0 Å². The summed E-state index contributed by atoms with van der Waals surface area (Å²) in [4.78, 5) is 14.4. The zero-order chi connectivity index (χ0) is 13.1. The summed E-state index contributed by atoms with van der Waals surface area (Å²) in [5.41, 5.74) is 6.90. The number of piperidine rings is 1. The van der Waals surface area contributed by atoms with Crippen LogP contribution in [0.5, 0.6) is 5.75 Å². The summed E-state index contributed by atoms with van der Waals surface area (Å²) in [7, 11) is 1.54. The molecule has 1 heterocycles. The van der Waals surface area contributed by atoms with Crippen LogP contribution in [0.25, 0.3) is 0 Å². The van der Waals surface area contributed by atoms with Gasteiger partial charge in [-0.25, -0.2) is 0 Å². The number of nitrogens with two attached hydrogens (primary N) is 1. The number of methoxy groups -OCH3 is 1. The van der Waals surface area contributed by atoms with E-state index >= 15 is 0 Å². The Bertz CT molecular complexity index is 445. The van der Waals surface area contributed by atoms with Gasteiger partial charge in [0.25, 0.3) is 5.91 Å². The van der Waals surface area contributed by atoms with Crippen LogP contribution in [0.1, 0.15) is 30.1 Å². The standard InChI is InChI=1S/C14H20N2O2/c1-10-5-4-8-16(9-10)14(17)11-6-3-7-12(15)13(11)18-2/h3,6-7,10H,4-5,8-9,15H2,1-2H3. The topological polar surface area (TPSA) is 55.6 Å². The molecule has 1 amide bonds. The van der Waals surface area contributed by atoms with Gasteiger partial charge in [-0.15, -0.1) is 0 Å². The molecule has 0 radical (unpaired) electrons. The molecular weight excluding hydrogens is 228 g/mol. The molecule has 2 N–H and O–H groups in total. The minimum Gasteiger partial charge on any atom is -0.494 e. The fourth-order valence-electron chi connectivity index (χ4n) is 2.50. The molecule has 1 aromatic rings. The monoisotopic (exact) mass is 248 g/mol. The van der Waals surface area contributed by atoms with Crippen molar-refractivity contribution in [2.45, 2.75) is 19.8 Å². The van der Waals surface area contributed by atoms with Gasteiger partial charge in [-0.2, -0.15) is 0 Å². The zero-order valence-electron chi connectivity index (χ0n) is 11.0. The van der Waals surface area contributed by atoms with Gasteiger partial charge in [0.15, 0.2) is 5.75 Å². The predicted molar refractivity (Wildman–Crippen MR) is 71.7 cm³/mol. The van der Waals surface area contributed by atoms with E-state index in [-0.39, 0.29) is 5.91 Å². The highest BCUT2D eigenvalue weighted by Crippen LogP contribution is 2.28. The summed E-state index contributed by atoms with van der Waals surface area (Å²) in [6, 6.07) is 5.31. The molecule has 4 heteroatoms. The summed E-state index contributed by atoms with van der Waals surface area (Å²) in [5.74, 6) is 1.07. The number of nitrogens with zero attached hydrogens (tertiary/aromatic N) is 1. The second-order valence-corrected chi connectivity index (χ2v) is 4.93. The highest BCUT2D eigenvalue weighted by molar-refractivity contribution is 5.98. The van der Waals surface area contributed by atoms with Crippen molar-refractivity contribution in [3.05, 3.63) is 23.8 Å². The van der Waals surface area contributed by atoms with Crippen LogP contribution >= 0.6 is 0 Å². The lowest BCUT2D eigenvalue weighted by molar-refractivity contribution is 0.0680. The van der Waals surface area contributed by atoms with Gasteiger partial charge in [0, 0.05) is 13.1 Å². The lowest BCUT2D eigenvalue weighted by Crippen LogP contribution is -2.39. The van der Waals surface area contributed by atoms with Crippen molar-refractivity contribution < 1.29 is 9.53 Å². The first-order chi connectivity index (χ1) is 8.63. The first kappa shape index (κ1) is 12.7. The Kier molecular flexibility index (Phi) is 3.75. The van der Waals surface area contributed by atoms with E-state index in [1.165, 1.54) is 6.42 Å². The number of anilines is 1. The average Bonchev–Trinajstić information content (AvgIpc) is 2.37. The van der Waals surface area contributed by atoms with Crippen LogP contribution in [-0.2, 0) is 0 Å². The fourth-order valence-corrected chi connectivity index (χ4v) is 2.50. The second-order valence-electron chi connectivity index (χ2n) is 4.93. The minimum atomic E-state index is 0.0192. The summed E-state index contributed by atoms with van der Waals surface area (Å²) in [6.07, 6.45) is 2.26. The second kappa shape index (κ2) is 5.29. The molecule has 1 unspecified atom stereocenters. The van der Waals surface area contributed by atoms with E-state index in [0.29, 0.717) is 22.9 Å². The number of likely N-dealkylation sites (tertiary alicyclic amines) is 1. The number of carbonyl (C=O) groups is 1. The summed E-state index contributed by atoms with van der Waals surface area (Å²) in [6.45, 7) is 3.81. The smallest absolute Gasteiger partial charge is 0.257 e. The SMILES string of the molecule is COc1c(N)cccc1C(=O)N1CCCC(C)C1. The van der Waals surface area contributed by atoms with Gasteiger partial charge in [-0.3, -0.25) is 4.79 Å². The fraction of sp³-hybridized carbons (Fsp3) is 0.500. The lowest BCUT2D eigenvalue weighted by Gasteiger charge is -2.31. The molecule has 0 bridgehead atoms. The van der Waals surface area contributed by atoms with E-state index in [0.717, 1.165) is 19.5 Å². The summed E-state index contributed by atoms with van der Waals surface area (Å²) >= 11 is 0. The Hall–Kier alpha value is -1.71. The van der Waals surface area contributed by atoms with Crippen LogP contribution < -0.4 is 10.5 Å². The van der Waals surface area contributed by atoms with Gasteiger partial charge >= 0.3 is 0 Å². The van der Waals surface area contributed by atoms with E-state index < -0.39 is 0 Å². The Morgan fingerprint density at radius 3 is 2.94 bits per heavy atom. The number of ether oxygens (including phenoxy) is 1. The summed E-state index contributed by atoms with van der Waals surface area (Å²) in [5, 5.41) is 0. The van der Waals surface area contributed by atoms with Crippen LogP contribution in [0.15, 0.2) is 18.2 Å². The number of para-hydroxylation sites is 1. The Labute approximate surface area is 108 Å². The van der Waals surface area contributed by atoms with E-state index in [1.54, 1.807) is 25.3 Å². The molecule has 1 aromatic carbocycles. The molecule has 4 nitrogen and oxygen atoms in total. The Morgan fingerprint density at radius 2 is 2.28 bits per heavy atom. The van der Waals surface area contributed by atoms with Crippen molar-refractivity contribution in [3.8, 4) is 5.75 Å². The van der Waals surface area contributed by atoms with Crippen molar-refractivity contribution in [2.24, 2.45) is 5.92 Å². The van der Waals surface area contributed by atoms with Crippen molar-refractivity contribution in [1.82, 2.24) is 4.90 Å². The Balaban J connectivity index is 2.25. The van der Waals surface area contributed by atoms with Crippen molar-refractivity contribution in [2.75, 3.05) is 25.9 Å². The predicted octanol–water partition coefficient (Wildman–Crippen LogP) is 2.15. The molecular formula is C14H20N2O2. The number of amides is 1. The number of hydrogen-bond acceptors (Lipinski definition) is 3. The molecule has 0 saturated carbocycles. The van der Waals surface area contributed by atoms with Gasteiger partial charge in [-0.05, 0) is 30.9 Å². The van der Waals surface area contributed by atoms with Crippen molar-refractivity contribution in [3.63, 3.8) is 0 Å². The van der Waals surface area contributed by atoms with Crippen LogP contribution in [-0.4, -0.2) is 31.0 Å². The van der Waals surface area contributed by atoms with Crippen LogP contribution in [0.4, 0.5) is 5.69 Å². The largest absolute Gasteiger partial charge is 0.494 e. The van der Waals surface area contributed by atoms with Crippen LogP contribution in [0.2, 0.25) is 0 Å². The first-order valence-corrected chi connectivity index (χ1v) is 6.35. The van der Waals surface area contributed by atoms with Crippen molar-refractivity contribution in [1.29, 1.82) is 0 Å². The maximum Gasteiger partial charge on any atom is 0.257 e. The minimum absolute atomic E-state index is 0.0192. The van der Waals surface area contributed by atoms with Gasteiger partial charge in [0.05, 0.1) is 18.4 Å². The van der Waals surface area contributed by atoms with Gasteiger partial charge in [0.2, 0.25) is 0 Å².